The van der Waals surface area contributed by atoms with E-state index < -0.39 is 6.61 Å². The predicted octanol–water partition coefficient (Wildman–Crippen LogP) is 3.92. The van der Waals surface area contributed by atoms with Crippen molar-refractivity contribution in [1.82, 2.24) is 9.88 Å². The number of carbonyl (C=O) groups is 1. The summed E-state index contributed by atoms with van der Waals surface area (Å²) in [6, 6.07) is 5.33. The lowest BCUT2D eigenvalue weighted by atomic mass is 9.95. The highest BCUT2D eigenvalue weighted by Gasteiger charge is 2.42. The number of fused-ring (bicyclic) bond motifs is 4. The summed E-state index contributed by atoms with van der Waals surface area (Å²) in [6.45, 7) is -2.97. The van der Waals surface area contributed by atoms with Gasteiger partial charge in [-0.3, -0.25) is 4.79 Å². The van der Waals surface area contributed by atoms with Crippen molar-refractivity contribution in [1.29, 1.82) is 0 Å². The van der Waals surface area contributed by atoms with Crippen LogP contribution in [0.3, 0.4) is 0 Å². The third kappa shape index (κ3) is 3.37. The summed E-state index contributed by atoms with van der Waals surface area (Å²) < 4.78 is 28.9. The van der Waals surface area contributed by atoms with Crippen LogP contribution >= 0.6 is 11.6 Å². The fourth-order valence-electron chi connectivity index (χ4n) is 3.92. The van der Waals surface area contributed by atoms with Crippen LogP contribution in [0.15, 0.2) is 35.3 Å². The Labute approximate surface area is 158 Å². The van der Waals surface area contributed by atoms with Crippen LogP contribution < -0.4 is 15.6 Å². The Hall–Kier alpha value is -2.61. The van der Waals surface area contributed by atoms with Gasteiger partial charge in [-0.25, -0.2) is 4.79 Å². The fraction of sp³-hybridized carbons (Fsp3) is 0.333. The Morgan fingerprint density at radius 2 is 2.15 bits per heavy atom. The number of hydrogen-bond donors (Lipinski definition) is 2. The molecule has 0 saturated carbocycles. The molecule has 142 valence electrons. The van der Waals surface area contributed by atoms with Gasteiger partial charge in [0.1, 0.15) is 5.75 Å². The lowest BCUT2D eigenvalue weighted by molar-refractivity contribution is -0.0497. The van der Waals surface area contributed by atoms with Crippen molar-refractivity contribution in [2.75, 3.05) is 5.32 Å². The average molecular weight is 396 g/mol. The number of aromatic nitrogens is 1. The molecule has 2 amide bonds. The maximum Gasteiger partial charge on any atom is 0.387 e. The number of halogens is 3. The molecule has 2 atom stereocenters. The SMILES string of the molecule is O=C(Nc1ccc(OC(F)F)c(Cl)c1)N1[C@H]2CC[C@@H]1c1c[nH]c(=O)cc1C2. The van der Waals surface area contributed by atoms with Crippen molar-refractivity contribution in [2.24, 2.45) is 0 Å². The quantitative estimate of drug-likeness (QED) is 0.827. The molecule has 1 aromatic carbocycles. The highest BCUT2D eigenvalue weighted by Crippen LogP contribution is 2.43. The third-order valence-electron chi connectivity index (χ3n) is 5.00. The van der Waals surface area contributed by atoms with Crippen LogP contribution in [0.2, 0.25) is 5.02 Å². The molecule has 2 bridgehead atoms. The van der Waals surface area contributed by atoms with Gasteiger partial charge in [0.05, 0.1) is 11.1 Å². The smallest absolute Gasteiger partial charge is 0.387 e. The minimum absolute atomic E-state index is 0.0150. The van der Waals surface area contributed by atoms with Gasteiger partial charge in [-0.05, 0) is 48.6 Å². The molecule has 3 heterocycles. The number of alkyl halides is 2. The standard InChI is InChI=1S/C18H16ClF2N3O3/c19-13-7-10(1-4-15(13)27-17(20)21)23-18(26)24-11-2-3-14(24)12-8-22-16(25)6-9(12)5-11/h1,4,6-8,11,14,17H,2-3,5H2,(H,22,25)(H,23,26)/t11-,14+/m0/s1. The van der Waals surface area contributed by atoms with Gasteiger partial charge >= 0.3 is 12.6 Å². The van der Waals surface area contributed by atoms with Crippen LogP contribution in [0, 0.1) is 0 Å². The Kier molecular flexibility index (Phi) is 4.51. The minimum Gasteiger partial charge on any atom is -0.433 e. The van der Waals surface area contributed by atoms with Crippen molar-refractivity contribution < 1.29 is 18.3 Å². The van der Waals surface area contributed by atoms with Gasteiger partial charge < -0.3 is 19.9 Å². The molecule has 1 saturated heterocycles. The maximum atomic E-state index is 12.8. The molecule has 1 aromatic heterocycles. The van der Waals surface area contributed by atoms with Crippen molar-refractivity contribution >= 4 is 23.3 Å². The van der Waals surface area contributed by atoms with Crippen LogP contribution in [-0.2, 0) is 6.42 Å². The second kappa shape index (κ2) is 6.84. The number of carbonyl (C=O) groups excluding carboxylic acids is 1. The van der Waals surface area contributed by atoms with E-state index in [1.807, 2.05) is 0 Å². The molecule has 0 spiro atoms. The van der Waals surface area contributed by atoms with Crippen molar-refractivity contribution in [2.45, 2.75) is 38.0 Å². The maximum absolute atomic E-state index is 12.8. The zero-order chi connectivity index (χ0) is 19.1. The third-order valence-corrected chi connectivity index (χ3v) is 5.29. The number of urea groups is 1. The van der Waals surface area contributed by atoms with Crippen molar-refractivity contribution in [3.05, 3.63) is 57.0 Å². The predicted molar refractivity (Wildman–Crippen MR) is 95.5 cm³/mol. The molecular weight excluding hydrogens is 380 g/mol. The van der Waals surface area contributed by atoms with Crippen LogP contribution in [0.5, 0.6) is 5.75 Å². The lowest BCUT2D eigenvalue weighted by Crippen LogP contribution is -2.44. The zero-order valence-electron chi connectivity index (χ0n) is 14.0. The molecule has 9 heteroatoms. The second-order valence-corrected chi connectivity index (χ2v) is 7.00. The molecule has 6 nitrogen and oxygen atoms in total. The van der Waals surface area contributed by atoms with E-state index in [1.165, 1.54) is 18.2 Å². The molecular formula is C18H16ClF2N3O3. The second-order valence-electron chi connectivity index (χ2n) is 6.59. The lowest BCUT2D eigenvalue weighted by Gasteiger charge is -2.36. The minimum atomic E-state index is -2.97. The summed E-state index contributed by atoms with van der Waals surface area (Å²) in [6.07, 6.45) is 3.98. The Morgan fingerprint density at radius 3 is 2.89 bits per heavy atom. The van der Waals surface area contributed by atoms with Gasteiger partial charge in [-0.1, -0.05) is 11.6 Å². The molecule has 4 rings (SSSR count). The number of H-pyrrole nitrogens is 1. The first-order valence-corrected chi connectivity index (χ1v) is 8.85. The number of nitrogens with one attached hydrogen (secondary N) is 2. The largest absolute Gasteiger partial charge is 0.433 e. The van der Waals surface area contributed by atoms with Crippen molar-refractivity contribution in [3.8, 4) is 5.75 Å². The molecule has 1 fully saturated rings. The van der Waals surface area contributed by atoms with Gasteiger partial charge in [-0.2, -0.15) is 8.78 Å². The molecule has 0 aliphatic carbocycles. The van der Waals surface area contributed by atoms with E-state index in [-0.39, 0.29) is 34.4 Å². The number of ether oxygens (including phenoxy) is 1. The number of hydrogen-bond acceptors (Lipinski definition) is 3. The molecule has 2 aliphatic rings. The molecule has 0 radical (unpaired) electrons. The Bertz CT molecular complexity index is 950. The molecule has 2 aromatic rings. The topological polar surface area (TPSA) is 74.4 Å². The Morgan fingerprint density at radius 1 is 1.33 bits per heavy atom. The molecule has 2 N–H and O–H groups in total. The van der Waals surface area contributed by atoms with Crippen LogP contribution in [0.25, 0.3) is 0 Å². The molecule has 2 aliphatic heterocycles. The number of pyridine rings is 1. The number of nitrogens with zero attached hydrogens (tertiary/aromatic N) is 1. The van der Waals surface area contributed by atoms with Gasteiger partial charge in [-0.15, -0.1) is 0 Å². The first kappa shape index (κ1) is 17.8. The zero-order valence-corrected chi connectivity index (χ0v) is 14.8. The summed E-state index contributed by atoms with van der Waals surface area (Å²) in [5, 5.41) is 2.75. The van der Waals surface area contributed by atoms with E-state index in [0.717, 1.165) is 24.0 Å². The number of amides is 2. The van der Waals surface area contributed by atoms with Crippen LogP contribution in [0.1, 0.15) is 30.0 Å². The summed E-state index contributed by atoms with van der Waals surface area (Å²) >= 11 is 5.94. The fourth-order valence-corrected chi connectivity index (χ4v) is 4.14. The van der Waals surface area contributed by atoms with Crippen LogP contribution in [0.4, 0.5) is 19.3 Å². The number of anilines is 1. The van der Waals surface area contributed by atoms with E-state index in [0.29, 0.717) is 12.1 Å². The first-order valence-electron chi connectivity index (χ1n) is 8.47. The molecule has 27 heavy (non-hydrogen) atoms. The van der Waals surface area contributed by atoms with E-state index in [2.05, 4.69) is 15.0 Å². The normalized spacial score (nSPS) is 20.5. The van der Waals surface area contributed by atoms with E-state index in [1.54, 1.807) is 17.2 Å². The summed E-state index contributed by atoms with van der Waals surface area (Å²) in [4.78, 5) is 28.8. The summed E-state index contributed by atoms with van der Waals surface area (Å²) in [5.41, 5.74) is 2.18. The first-order chi connectivity index (χ1) is 12.9. The monoisotopic (exact) mass is 395 g/mol. The summed E-state index contributed by atoms with van der Waals surface area (Å²) in [5.74, 6) is -0.152. The van der Waals surface area contributed by atoms with Gasteiger partial charge in [0.2, 0.25) is 5.56 Å². The average Bonchev–Trinajstić information content (AvgIpc) is 2.92. The Balaban J connectivity index is 1.53. The van der Waals surface area contributed by atoms with Gasteiger partial charge in [0.15, 0.2) is 0 Å². The van der Waals surface area contributed by atoms with E-state index in [4.69, 9.17) is 11.6 Å². The van der Waals surface area contributed by atoms with Gasteiger partial charge in [0.25, 0.3) is 0 Å². The number of rotatable bonds is 3. The summed E-state index contributed by atoms with van der Waals surface area (Å²) in [7, 11) is 0. The van der Waals surface area contributed by atoms with Crippen LogP contribution in [-0.4, -0.2) is 28.6 Å². The number of benzene rings is 1. The van der Waals surface area contributed by atoms with Gasteiger partial charge in [0, 0.05) is 24.0 Å². The van der Waals surface area contributed by atoms with E-state index in [9.17, 15) is 18.4 Å². The molecule has 0 unspecified atom stereocenters. The van der Waals surface area contributed by atoms with E-state index >= 15 is 0 Å². The highest BCUT2D eigenvalue weighted by molar-refractivity contribution is 6.32. The highest BCUT2D eigenvalue weighted by atomic mass is 35.5. The van der Waals surface area contributed by atoms with Crippen molar-refractivity contribution in [3.63, 3.8) is 0 Å². The number of aromatic amines is 1.